The molecule has 0 spiro atoms. The molecular weight excluding hydrogens is 293 g/mol. The maximum atomic E-state index is 13.3. The Balaban J connectivity index is 1.81. The van der Waals surface area contributed by atoms with Crippen molar-refractivity contribution >= 4 is 17.6 Å². The minimum atomic E-state index is -0.970. The van der Waals surface area contributed by atoms with Gasteiger partial charge in [0.05, 0.1) is 6.20 Å². The van der Waals surface area contributed by atoms with Gasteiger partial charge in [-0.1, -0.05) is 0 Å². The molecule has 8 nitrogen and oxygen atoms in total. The van der Waals surface area contributed by atoms with Crippen molar-refractivity contribution in [3.05, 3.63) is 36.0 Å². The van der Waals surface area contributed by atoms with Crippen molar-refractivity contribution in [3.8, 4) is 5.75 Å². The van der Waals surface area contributed by atoms with Gasteiger partial charge in [0.15, 0.2) is 23.1 Å². The van der Waals surface area contributed by atoms with Crippen molar-refractivity contribution in [1.29, 1.82) is 0 Å². The number of likely N-dealkylation sites (N-methyl/N-ethyl adjacent to an activating group) is 1. The topological polar surface area (TPSA) is 100 Å². The Kier molecular flexibility index (Phi) is 3.45. The minimum absolute atomic E-state index is 0.0837. The first kappa shape index (κ1) is 14.0. The van der Waals surface area contributed by atoms with Crippen LogP contribution in [0, 0.1) is 5.82 Å². The van der Waals surface area contributed by atoms with Crippen LogP contribution in [0.15, 0.2) is 24.5 Å². The predicted octanol–water partition coefficient (Wildman–Crippen LogP) is 0.0976. The minimum Gasteiger partial charge on any atom is -0.487 e. The second-order valence-corrected chi connectivity index (χ2v) is 4.64. The summed E-state index contributed by atoms with van der Waals surface area (Å²) in [6, 6.07) is 2.38. The molecule has 2 N–H and O–H groups in total. The third-order valence-corrected chi connectivity index (χ3v) is 3.22. The maximum Gasteiger partial charge on any atom is 0.275 e. The van der Waals surface area contributed by atoms with E-state index >= 15 is 0 Å². The average molecular weight is 305 g/mol. The lowest BCUT2D eigenvalue weighted by Crippen LogP contribution is -2.49. The molecule has 9 heteroatoms. The fourth-order valence-electron chi connectivity index (χ4n) is 2.09. The number of H-pyrrole nitrogens is 1. The summed E-state index contributed by atoms with van der Waals surface area (Å²) >= 11 is 0. The Morgan fingerprint density at radius 2 is 2.41 bits per heavy atom. The number of fused-ring (bicyclic) bond motifs is 1. The number of rotatable bonds is 2. The number of aromatic nitrogens is 3. The Morgan fingerprint density at radius 3 is 3.14 bits per heavy atom. The van der Waals surface area contributed by atoms with Gasteiger partial charge in [0, 0.05) is 13.2 Å². The Morgan fingerprint density at radius 1 is 1.59 bits per heavy atom. The third kappa shape index (κ3) is 2.36. The number of nitrogens with one attached hydrogen (secondary N) is 2. The van der Waals surface area contributed by atoms with Crippen LogP contribution < -0.4 is 15.0 Å². The van der Waals surface area contributed by atoms with E-state index in [-0.39, 0.29) is 6.61 Å². The molecule has 0 saturated carbocycles. The zero-order valence-electron chi connectivity index (χ0n) is 11.5. The molecular formula is C13H12FN5O3. The zero-order chi connectivity index (χ0) is 15.7. The summed E-state index contributed by atoms with van der Waals surface area (Å²) in [6.07, 6.45) is 2.48. The van der Waals surface area contributed by atoms with Crippen LogP contribution in [0.25, 0.3) is 0 Å². The summed E-state index contributed by atoms with van der Waals surface area (Å²) < 4.78 is 18.8. The maximum absolute atomic E-state index is 13.3. The standard InChI is InChI=1S/C13H12FN5O3/c1-19-11-9(3-2-4-15-11)22-6-8(13(19)21)17-12(20)10-7(14)5-16-18-10/h2-5,8H,6H2,1H3,(H,16,18)(H,17,20). The van der Waals surface area contributed by atoms with E-state index in [1.807, 2.05) is 0 Å². The zero-order valence-corrected chi connectivity index (χ0v) is 11.5. The highest BCUT2D eigenvalue weighted by Gasteiger charge is 2.32. The molecule has 2 amide bonds. The SMILES string of the molecule is CN1C(=O)C(NC(=O)c2n[nH]cc2F)COc2cccnc21. The van der Waals surface area contributed by atoms with Gasteiger partial charge in [-0.2, -0.15) is 5.10 Å². The van der Waals surface area contributed by atoms with E-state index in [0.29, 0.717) is 11.6 Å². The van der Waals surface area contributed by atoms with Crippen LogP contribution in [0.2, 0.25) is 0 Å². The Bertz CT molecular complexity index is 732. The summed E-state index contributed by atoms with van der Waals surface area (Å²) in [5.74, 6) is -1.22. The molecule has 1 aliphatic rings. The molecule has 0 bridgehead atoms. The van der Waals surface area contributed by atoms with Crippen molar-refractivity contribution in [2.45, 2.75) is 6.04 Å². The molecule has 0 saturated heterocycles. The molecule has 0 radical (unpaired) electrons. The van der Waals surface area contributed by atoms with Gasteiger partial charge in [0.1, 0.15) is 12.6 Å². The third-order valence-electron chi connectivity index (χ3n) is 3.22. The number of amides is 2. The van der Waals surface area contributed by atoms with Gasteiger partial charge in [-0.25, -0.2) is 9.37 Å². The van der Waals surface area contributed by atoms with E-state index in [4.69, 9.17) is 4.74 Å². The molecule has 114 valence electrons. The van der Waals surface area contributed by atoms with Gasteiger partial charge < -0.3 is 10.1 Å². The van der Waals surface area contributed by atoms with E-state index in [1.54, 1.807) is 12.1 Å². The quantitative estimate of drug-likeness (QED) is 0.819. The summed E-state index contributed by atoms with van der Waals surface area (Å²) in [4.78, 5) is 29.7. The summed E-state index contributed by atoms with van der Waals surface area (Å²) in [6.45, 7) is -0.0837. The number of carbonyl (C=O) groups excluding carboxylic acids is 2. The van der Waals surface area contributed by atoms with Crippen LogP contribution >= 0.6 is 0 Å². The van der Waals surface area contributed by atoms with Gasteiger partial charge in [0.25, 0.3) is 11.8 Å². The molecule has 0 aliphatic carbocycles. The number of pyridine rings is 1. The van der Waals surface area contributed by atoms with Crippen LogP contribution in [0.3, 0.4) is 0 Å². The van der Waals surface area contributed by atoms with E-state index in [0.717, 1.165) is 6.20 Å². The summed E-state index contributed by atoms with van der Waals surface area (Å²) in [7, 11) is 1.52. The number of carbonyl (C=O) groups is 2. The first-order valence-corrected chi connectivity index (χ1v) is 6.43. The number of hydrogen-bond donors (Lipinski definition) is 2. The van der Waals surface area contributed by atoms with Crippen LogP contribution in [-0.4, -0.2) is 46.7 Å². The number of anilines is 1. The number of halogens is 1. The molecule has 2 aromatic heterocycles. The van der Waals surface area contributed by atoms with Crippen LogP contribution in [0.4, 0.5) is 10.2 Å². The highest BCUT2D eigenvalue weighted by atomic mass is 19.1. The molecule has 3 rings (SSSR count). The van der Waals surface area contributed by atoms with Gasteiger partial charge in [-0.05, 0) is 12.1 Å². The first-order chi connectivity index (χ1) is 10.6. The average Bonchev–Trinajstić information content (AvgIpc) is 2.91. The number of nitrogens with zero attached hydrogens (tertiary/aromatic N) is 3. The molecule has 1 atom stereocenters. The van der Waals surface area contributed by atoms with Crippen LogP contribution in [0.5, 0.6) is 5.75 Å². The highest BCUT2D eigenvalue weighted by molar-refractivity contribution is 6.02. The van der Waals surface area contributed by atoms with E-state index in [9.17, 15) is 14.0 Å². The molecule has 1 aliphatic heterocycles. The normalized spacial score (nSPS) is 17.5. The van der Waals surface area contributed by atoms with Crippen LogP contribution in [0.1, 0.15) is 10.5 Å². The fraction of sp³-hybridized carbons (Fsp3) is 0.231. The van der Waals surface area contributed by atoms with Gasteiger partial charge >= 0.3 is 0 Å². The van der Waals surface area contributed by atoms with Gasteiger partial charge in [-0.15, -0.1) is 0 Å². The van der Waals surface area contributed by atoms with Crippen LogP contribution in [-0.2, 0) is 4.79 Å². The number of hydrogen-bond acceptors (Lipinski definition) is 5. The fourth-order valence-corrected chi connectivity index (χ4v) is 2.09. The van der Waals surface area contributed by atoms with Crippen molar-refractivity contribution in [3.63, 3.8) is 0 Å². The largest absolute Gasteiger partial charge is 0.487 e. The van der Waals surface area contributed by atoms with E-state index < -0.39 is 29.4 Å². The lowest BCUT2D eigenvalue weighted by Gasteiger charge is -2.19. The molecule has 2 aromatic rings. The van der Waals surface area contributed by atoms with Gasteiger partial charge in [0.2, 0.25) is 0 Å². The summed E-state index contributed by atoms with van der Waals surface area (Å²) in [5, 5.41) is 8.15. The second kappa shape index (κ2) is 5.43. The second-order valence-electron chi connectivity index (χ2n) is 4.64. The smallest absolute Gasteiger partial charge is 0.275 e. The molecule has 0 fully saturated rings. The predicted molar refractivity (Wildman–Crippen MR) is 72.9 cm³/mol. The number of aromatic amines is 1. The molecule has 22 heavy (non-hydrogen) atoms. The van der Waals surface area contributed by atoms with Crippen molar-refractivity contribution < 1.29 is 18.7 Å². The Hall–Kier alpha value is -2.97. The first-order valence-electron chi connectivity index (χ1n) is 6.43. The lowest BCUT2D eigenvalue weighted by molar-refractivity contribution is -0.120. The summed E-state index contributed by atoms with van der Waals surface area (Å²) in [5.41, 5.74) is -0.407. The lowest BCUT2D eigenvalue weighted by atomic mass is 10.2. The van der Waals surface area contributed by atoms with Crippen molar-refractivity contribution in [1.82, 2.24) is 20.5 Å². The van der Waals surface area contributed by atoms with Crippen molar-refractivity contribution in [2.75, 3.05) is 18.6 Å². The van der Waals surface area contributed by atoms with Crippen molar-refractivity contribution in [2.24, 2.45) is 0 Å². The monoisotopic (exact) mass is 305 g/mol. The van der Waals surface area contributed by atoms with Gasteiger partial charge in [-0.3, -0.25) is 19.6 Å². The molecule has 0 aromatic carbocycles. The number of ether oxygens (including phenoxy) is 1. The molecule has 3 heterocycles. The van der Waals surface area contributed by atoms with E-state index in [1.165, 1.54) is 18.1 Å². The Labute approximate surface area is 124 Å². The molecule has 1 unspecified atom stereocenters. The van der Waals surface area contributed by atoms with E-state index in [2.05, 4.69) is 20.5 Å². The highest BCUT2D eigenvalue weighted by Crippen LogP contribution is 2.27.